The number of carbonyl (C=O) groups excluding carboxylic acids is 1. The molecule has 2 rings (SSSR count). The van der Waals surface area contributed by atoms with Crippen LogP contribution in [-0.2, 0) is 11.3 Å². The van der Waals surface area contributed by atoms with Gasteiger partial charge in [-0.25, -0.2) is 4.39 Å². The van der Waals surface area contributed by atoms with Gasteiger partial charge in [0.15, 0.2) is 0 Å². The van der Waals surface area contributed by atoms with Crippen LogP contribution in [0.15, 0.2) is 18.2 Å². The van der Waals surface area contributed by atoms with Crippen LogP contribution in [0.3, 0.4) is 0 Å². The van der Waals surface area contributed by atoms with E-state index in [0.717, 1.165) is 6.54 Å². The quantitative estimate of drug-likeness (QED) is 0.809. The smallest absolute Gasteiger partial charge is 0.248 e. The summed E-state index contributed by atoms with van der Waals surface area (Å²) in [7, 11) is 0. The Morgan fingerprint density at radius 1 is 1.53 bits per heavy atom. The Morgan fingerprint density at radius 2 is 2.32 bits per heavy atom. The van der Waals surface area contributed by atoms with E-state index in [1.165, 1.54) is 6.07 Å². The Hall–Kier alpha value is -1.50. The van der Waals surface area contributed by atoms with Crippen LogP contribution in [0.25, 0.3) is 0 Å². The standard InChI is InChI=1S/C13H18FN3O2/c14-12-5-9(13(16)18)1-2-10(12)7-17-3-4-19-11(6-15)8-17/h1-2,5,11H,3-4,6-8,15H2,(H2,16,18). The third-order valence-electron chi connectivity index (χ3n) is 3.22. The van der Waals surface area contributed by atoms with E-state index < -0.39 is 11.7 Å². The fourth-order valence-electron chi connectivity index (χ4n) is 2.14. The molecule has 0 saturated carbocycles. The van der Waals surface area contributed by atoms with E-state index in [4.69, 9.17) is 16.2 Å². The average molecular weight is 267 g/mol. The van der Waals surface area contributed by atoms with Crippen LogP contribution >= 0.6 is 0 Å². The molecular formula is C13H18FN3O2. The number of morpholine rings is 1. The molecule has 6 heteroatoms. The number of halogens is 1. The number of hydrogen-bond acceptors (Lipinski definition) is 4. The lowest BCUT2D eigenvalue weighted by molar-refractivity contribution is -0.0263. The number of amides is 1. The van der Waals surface area contributed by atoms with Crippen LogP contribution < -0.4 is 11.5 Å². The van der Waals surface area contributed by atoms with Gasteiger partial charge in [0.1, 0.15) is 5.82 Å². The van der Waals surface area contributed by atoms with E-state index in [9.17, 15) is 9.18 Å². The van der Waals surface area contributed by atoms with Crippen molar-refractivity contribution in [3.05, 3.63) is 35.1 Å². The van der Waals surface area contributed by atoms with Gasteiger partial charge in [0.05, 0.1) is 12.7 Å². The van der Waals surface area contributed by atoms with Gasteiger partial charge in [-0.2, -0.15) is 0 Å². The zero-order chi connectivity index (χ0) is 13.8. The number of carbonyl (C=O) groups is 1. The summed E-state index contributed by atoms with van der Waals surface area (Å²) in [4.78, 5) is 13.0. The summed E-state index contributed by atoms with van der Waals surface area (Å²) in [5.41, 5.74) is 11.4. The molecule has 1 saturated heterocycles. The first kappa shape index (κ1) is 13.9. The highest BCUT2D eigenvalue weighted by Gasteiger charge is 2.20. The molecule has 0 aliphatic carbocycles. The normalized spacial score (nSPS) is 20.4. The molecule has 1 atom stereocenters. The highest BCUT2D eigenvalue weighted by Crippen LogP contribution is 2.15. The van der Waals surface area contributed by atoms with Crippen LogP contribution in [0, 0.1) is 5.82 Å². The molecule has 19 heavy (non-hydrogen) atoms. The van der Waals surface area contributed by atoms with Gasteiger partial charge in [-0.1, -0.05) is 6.07 Å². The Labute approximate surface area is 111 Å². The number of ether oxygens (including phenoxy) is 1. The van der Waals surface area contributed by atoms with E-state index in [1.807, 2.05) is 0 Å². The lowest BCUT2D eigenvalue weighted by Gasteiger charge is -2.32. The highest BCUT2D eigenvalue weighted by atomic mass is 19.1. The second-order valence-corrected chi connectivity index (χ2v) is 4.63. The third-order valence-corrected chi connectivity index (χ3v) is 3.22. The summed E-state index contributed by atoms with van der Waals surface area (Å²) in [6, 6.07) is 4.32. The SMILES string of the molecule is NCC1CN(Cc2ccc(C(N)=O)cc2F)CCO1. The van der Waals surface area contributed by atoms with Crippen molar-refractivity contribution in [2.75, 3.05) is 26.2 Å². The van der Waals surface area contributed by atoms with Gasteiger partial charge >= 0.3 is 0 Å². The van der Waals surface area contributed by atoms with Gasteiger partial charge in [-0.3, -0.25) is 9.69 Å². The van der Waals surface area contributed by atoms with E-state index in [0.29, 0.717) is 31.8 Å². The summed E-state index contributed by atoms with van der Waals surface area (Å²) in [5, 5.41) is 0. The fraction of sp³-hybridized carbons (Fsp3) is 0.462. The maximum atomic E-state index is 13.9. The van der Waals surface area contributed by atoms with Crippen molar-refractivity contribution < 1.29 is 13.9 Å². The van der Waals surface area contributed by atoms with Gasteiger partial charge in [0.2, 0.25) is 5.91 Å². The van der Waals surface area contributed by atoms with Crippen LogP contribution in [0.4, 0.5) is 4.39 Å². The zero-order valence-electron chi connectivity index (χ0n) is 10.6. The number of nitrogens with zero attached hydrogens (tertiary/aromatic N) is 1. The number of rotatable bonds is 4. The Kier molecular flexibility index (Phi) is 4.47. The first-order chi connectivity index (χ1) is 9.10. The number of nitrogens with two attached hydrogens (primary N) is 2. The summed E-state index contributed by atoms with van der Waals surface area (Å²) >= 11 is 0. The molecule has 0 spiro atoms. The predicted octanol–water partition coefficient (Wildman–Crippen LogP) is 0.0841. The first-order valence-corrected chi connectivity index (χ1v) is 6.22. The second kappa shape index (κ2) is 6.10. The third kappa shape index (κ3) is 3.50. The molecular weight excluding hydrogens is 249 g/mol. The minimum Gasteiger partial charge on any atom is -0.374 e. The Morgan fingerprint density at radius 3 is 2.95 bits per heavy atom. The fourth-order valence-corrected chi connectivity index (χ4v) is 2.14. The zero-order valence-corrected chi connectivity index (χ0v) is 10.6. The van der Waals surface area contributed by atoms with Gasteiger partial charge in [0, 0.05) is 37.3 Å². The van der Waals surface area contributed by atoms with E-state index in [-0.39, 0.29) is 11.7 Å². The van der Waals surface area contributed by atoms with Crippen LogP contribution in [-0.4, -0.2) is 43.2 Å². The van der Waals surface area contributed by atoms with Crippen molar-refractivity contribution in [1.29, 1.82) is 0 Å². The lowest BCUT2D eigenvalue weighted by atomic mass is 10.1. The number of primary amides is 1. The van der Waals surface area contributed by atoms with E-state index in [1.54, 1.807) is 12.1 Å². The van der Waals surface area contributed by atoms with Crippen molar-refractivity contribution in [2.24, 2.45) is 11.5 Å². The van der Waals surface area contributed by atoms with Crippen molar-refractivity contribution in [3.63, 3.8) is 0 Å². The van der Waals surface area contributed by atoms with Crippen LogP contribution in [0.5, 0.6) is 0 Å². The monoisotopic (exact) mass is 267 g/mol. The molecule has 0 aromatic heterocycles. The van der Waals surface area contributed by atoms with E-state index >= 15 is 0 Å². The van der Waals surface area contributed by atoms with E-state index in [2.05, 4.69) is 4.90 Å². The van der Waals surface area contributed by atoms with Gasteiger partial charge in [0.25, 0.3) is 0 Å². The lowest BCUT2D eigenvalue weighted by Crippen LogP contribution is -2.45. The van der Waals surface area contributed by atoms with Crippen molar-refractivity contribution in [2.45, 2.75) is 12.6 Å². The molecule has 1 amide bonds. The molecule has 4 N–H and O–H groups in total. The summed E-state index contributed by atoms with van der Waals surface area (Å²) in [6.07, 6.45) is 0.00158. The maximum Gasteiger partial charge on any atom is 0.248 e. The van der Waals surface area contributed by atoms with Crippen molar-refractivity contribution in [1.82, 2.24) is 4.90 Å². The molecule has 1 aliphatic heterocycles. The molecule has 1 aliphatic rings. The molecule has 1 aromatic rings. The molecule has 1 aromatic carbocycles. The summed E-state index contributed by atoms with van der Waals surface area (Å²) in [6.45, 7) is 2.97. The summed E-state index contributed by atoms with van der Waals surface area (Å²) < 4.78 is 19.3. The number of benzene rings is 1. The van der Waals surface area contributed by atoms with Crippen molar-refractivity contribution >= 4 is 5.91 Å². The molecule has 1 fully saturated rings. The minimum atomic E-state index is -0.625. The summed E-state index contributed by atoms with van der Waals surface area (Å²) in [5.74, 6) is -1.04. The first-order valence-electron chi connectivity index (χ1n) is 6.22. The molecule has 1 heterocycles. The highest BCUT2D eigenvalue weighted by molar-refractivity contribution is 5.92. The van der Waals surface area contributed by atoms with Crippen LogP contribution in [0.1, 0.15) is 15.9 Å². The molecule has 0 radical (unpaired) electrons. The minimum absolute atomic E-state index is 0.00158. The Balaban J connectivity index is 2.04. The van der Waals surface area contributed by atoms with Gasteiger partial charge in [-0.15, -0.1) is 0 Å². The topological polar surface area (TPSA) is 81.6 Å². The van der Waals surface area contributed by atoms with Crippen LogP contribution in [0.2, 0.25) is 0 Å². The molecule has 0 bridgehead atoms. The number of hydrogen-bond donors (Lipinski definition) is 2. The Bertz CT molecular complexity index is 467. The molecule has 104 valence electrons. The van der Waals surface area contributed by atoms with Gasteiger partial charge in [-0.05, 0) is 12.1 Å². The molecule has 1 unspecified atom stereocenters. The van der Waals surface area contributed by atoms with Gasteiger partial charge < -0.3 is 16.2 Å². The maximum absolute atomic E-state index is 13.9. The predicted molar refractivity (Wildman–Crippen MR) is 69.0 cm³/mol. The molecule has 5 nitrogen and oxygen atoms in total. The van der Waals surface area contributed by atoms with Crippen molar-refractivity contribution in [3.8, 4) is 0 Å². The average Bonchev–Trinajstić information content (AvgIpc) is 2.41. The second-order valence-electron chi connectivity index (χ2n) is 4.63. The largest absolute Gasteiger partial charge is 0.374 e.